The number of aromatic nitrogens is 2. The van der Waals surface area contributed by atoms with Gasteiger partial charge in [-0.15, -0.1) is 0 Å². The molecule has 0 unspecified atom stereocenters. The summed E-state index contributed by atoms with van der Waals surface area (Å²) in [7, 11) is 1.56. The van der Waals surface area contributed by atoms with E-state index in [1.54, 1.807) is 42.9 Å². The minimum Gasteiger partial charge on any atom is -0.495 e. The van der Waals surface area contributed by atoms with Crippen LogP contribution in [0.25, 0.3) is 10.9 Å². The van der Waals surface area contributed by atoms with Crippen LogP contribution in [-0.4, -0.2) is 27.8 Å². The summed E-state index contributed by atoms with van der Waals surface area (Å²) in [4.78, 5) is 29.9. The van der Waals surface area contributed by atoms with E-state index in [4.69, 9.17) is 4.74 Å². The number of carbonyl (C=O) groups excluding carboxylic acids is 1. The van der Waals surface area contributed by atoms with E-state index < -0.39 is 5.25 Å². The van der Waals surface area contributed by atoms with Crippen molar-refractivity contribution < 1.29 is 9.53 Å². The summed E-state index contributed by atoms with van der Waals surface area (Å²) < 4.78 is 6.86. The highest BCUT2D eigenvalue weighted by Gasteiger charge is 2.20. The fourth-order valence-corrected chi connectivity index (χ4v) is 3.68. The third-order valence-electron chi connectivity index (χ3n) is 4.16. The molecular weight excluding hydrogens is 362 g/mol. The second kappa shape index (κ2) is 8.26. The zero-order valence-electron chi connectivity index (χ0n) is 15.4. The fourth-order valence-electron chi connectivity index (χ4n) is 2.71. The number of amides is 1. The van der Waals surface area contributed by atoms with Gasteiger partial charge in [-0.2, -0.15) is 0 Å². The number of carbonyl (C=O) groups is 1. The summed E-state index contributed by atoms with van der Waals surface area (Å²) in [5.41, 5.74) is 1.15. The first-order chi connectivity index (χ1) is 13.0. The monoisotopic (exact) mass is 383 g/mol. The molecular formula is C20H21N3O3S. The number of fused-ring (bicyclic) bond motifs is 1. The molecule has 0 saturated carbocycles. The molecule has 6 nitrogen and oxygen atoms in total. The maximum absolute atomic E-state index is 12.7. The van der Waals surface area contributed by atoms with Crippen LogP contribution in [-0.2, 0) is 11.3 Å². The smallest absolute Gasteiger partial charge is 0.262 e. The minimum atomic E-state index is -0.444. The number of rotatable bonds is 6. The Balaban J connectivity index is 1.86. The fraction of sp³-hybridized carbons (Fsp3) is 0.250. The molecule has 0 spiro atoms. The highest BCUT2D eigenvalue weighted by Crippen LogP contribution is 2.26. The molecule has 1 N–H and O–H groups in total. The lowest BCUT2D eigenvalue weighted by Gasteiger charge is -2.16. The van der Waals surface area contributed by atoms with Gasteiger partial charge in [-0.1, -0.05) is 36.0 Å². The standard InChI is InChI=1S/C20H21N3O3S/c1-4-23-19(25)14-9-5-6-10-15(14)22-20(23)27-13(2)18(24)21-16-11-7-8-12-17(16)26-3/h5-13H,4H2,1-3H3,(H,21,24)/t13-/m1/s1. The molecule has 0 aliphatic rings. The van der Waals surface area contributed by atoms with Crippen molar-refractivity contribution in [1.82, 2.24) is 9.55 Å². The van der Waals surface area contributed by atoms with Crippen LogP contribution in [0.4, 0.5) is 5.69 Å². The number of hydrogen-bond donors (Lipinski definition) is 1. The summed E-state index contributed by atoms with van der Waals surface area (Å²) in [6, 6.07) is 14.5. The molecule has 1 atom stereocenters. The molecule has 140 valence electrons. The Morgan fingerprint density at radius 1 is 1.22 bits per heavy atom. The van der Waals surface area contributed by atoms with Gasteiger partial charge in [-0.25, -0.2) is 4.98 Å². The van der Waals surface area contributed by atoms with Gasteiger partial charge in [0.25, 0.3) is 5.56 Å². The molecule has 0 radical (unpaired) electrons. The van der Waals surface area contributed by atoms with E-state index in [2.05, 4.69) is 10.3 Å². The molecule has 1 amide bonds. The maximum Gasteiger partial charge on any atom is 0.262 e. The molecule has 0 saturated heterocycles. The van der Waals surface area contributed by atoms with Crippen LogP contribution in [0.15, 0.2) is 58.5 Å². The summed E-state index contributed by atoms with van der Waals surface area (Å²) in [6.45, 7) is 4.16. The van der Waals surface area contributed by atoms with Gasteiger partial charge < -0.3 is 10.1 Å². The minimum absolute atomic E-state index is 0.0945. The SMILES string of the molecule is CCn1c(S[C@H](C)C(=O)Nc2ccccc2OC)nc2ccccc2c1=O. The van der Waals surface area contributed by atoms with Gasteiger partial charge in [0.1, 0.15) is 5.75 Å². The normalized spacial score (nSPS) is 12.0. The van der Waals surface area contributed by atoms with Crippen molar-refractivity contribution in [2.45, 2.75) is 30.8 Å². The lowest BCUT2D eigenvalue weighted by atomic mass is 10.2. The largest absolute Gasteiger partial charge is 0.495 e. The predicted octanol–water partition coefficient (Wildman–Crippen LogP) is 3.54. The zero-order chi connectivity index (χ0) is 19.4. The Bertz CT molecular complexity index is 1030. The van der Waals surface area contributed by atoms with E-state index in [1.807, 2.05) is 31.2 Å². The molecule has 1 aromatic heterocycles. The van der Waals surface area contributed by atoms with Gasteiger partial charge in [0.05, 0.1) is 29.0 Å². The quantitative estimate of drug-likeness (QED) is 0.521. The van der Waals surface area contributed by atoms with Crippen molar-refractivity contribution in [1.29, 1.82) is 0 Å². The van der Waals surface area contributed by atoms with E-state index >= 15 is 0 Å². The van der Waals surface area contributed by atoms with Gasteiger partial charge in [-0.05, 0) is 38.1 Å². The van der Waals surface area contributed by atoms with Crippen LogP contribution in [0.1, 0.15) is 13.8 Å². The van der Waals surface area contributed by atoms with Crippen molar-refractivity contribution in [3.05, 3.63) is 58.9 Å². The number of nitrogens with zero attached hydrogens (tertiary/aromatic N) is 2. The first-order valence-corrected chi connectivity index (χ1v) is 9.53. The molecule has 7 heteroatoms. The van der Waals surface area contributed by atoms with Crippen molar-refractivity contribution in [2.24, 2.45) is 0 Å². The number of benzene rings is 2. The maximum atomic E-state index is 12.7. The van der Waals surface area contributed by atoms with Crippen molar-refractivity contribution in [3.63, 3.8) is 0 Å². The number of hydrogen-bond acceptors (Lipinski definition) is 5. The first kappa shape index (κ1) is 19.0. The van der Waals surface area contributed by atoms with Gasteiger partial charge >= 0.3 is 0 Å². The topological polar surface area (TPSA) is 73.2 Å². The second-order valence-corrected chi connectivity index (χ2v) is 7.22. The molecule has 0 fully saturated rings. The third-order valence-corrected chi connectivity index (χ3v) is 5.25. The predicted molar refractivity (Wildman–Crippen MR) is 109 cm³/mol. The highest BCUT2D eigenvalue weighted by atomic mass is 32.2. The summed E-state index contributed by atoms with van der Waals surface area (Å²) in [5, 5.41) is 3.54. The van der Waals surface area contributed by atoms with Crippen molar-refractivity contribution in [2.75, 3.05) is 12.4 Å². The molecule has 0 aliphatic heterocycles. The summed E-state index contributed by atoms with van der Waals surface area (Å²) in [5.74, 6) is 0.409. The van der Waals surface area contributed by atoms with Crippen LogP contribution in [0.5, 0.6) is 5.75 Å². The highest BCUT2D eigenvalue weighted by molar-refractivity contribution is 8.00. The number of thioether (sulfide) groups is 1. The molecule has 3 aromatic rings. The third kappa shape index (κ3) is 3.98. The Hall–Kier alpha value is -2.80. The van der Waals surface area contributed by atoms with E-state index in [-0.39, 0.29) is 11.5 Å². The van der Waals surface area contributed by atoms with Crippen LogP contribution >= 0.6 is 11.8 Å². The van der Waals surface area contributed by atoms with E-state index in [1.165, 1.54) is 11.8 Å². The molecule has 0 aliphatic carbocycles. The average molecular weight is 383 g/mol. The molecule has 0 bridgehead atoms. The summed E-state index contributed by atoms with van der Waals surface area (Å²) >= 11 is 1.26. The van der Waals surface area contributed by atoms with Crippen molar-refractivity contribution >= 4 is 34.3 Å². The molecule has 3 rings (SSSR count). The lowest BCUT2D eigenvalue weighted by Crippen LogP contribution is -2.26. The lowest BCUT2D eigenvalue weighted by molar-refractivity contribution is -0.115. The van der Waals surface area contributed by atoms with Crippen LogP contribution in [0.2, 0.25) is 0 Å². The Labute approximate surface area is 161 Å². The van der Waals surface area contributed by atoms with Crippen LogP contribution < -0.4 is 15.6 Å². The zero-order valence-corrected chi connectivity index (χ0v) is 16.2. The molecule has 27 heavy (non-hydrogen) atoms. The Morgan fingerprint density at radius 3 is 2.67 bits per heavy atom. The number of anilines is 1. The number of ether oxygens (including phenoxy) is 1. The first-order valence-electron chi connectivity index (χ1n) is 8.65. The molecule has 2 aromatic carbocycles. The average Bonchev–Trinajstić information content (AvgIpc) is 2.68. The van der Waals surface area contributed by atoms with Crippen LogP contribution in [0, 0.1) is 0 Å². The van der Waals surface area contributed by atoms with Gasteiger partial charge in [0.15, 0.2) is 5.16 Å². The van der Waals surface area contributed by atoms with Crippen molar-refractivity contribution in [3.8, 4) is 5.75 Å². The van der Waals surface area contributed by atoms with Gasteiger partial charge in [0.2, 0.25) is 5.91 Å². The number of nitrogens with one attached hydrogen (secondary N) is 1. The Morgan fingerprint density at radius 2 is 1.93 bits per heavy atom. The second-order valence-electron chi connectivity index (χ2n) is 5.91. The van der Waals surface area contributed by atoms with Crippen LogP contribution in [0.3, 0.4) is 0 Å². The number of methoxy groups -OCH3 is 1. The van der Waals surface area contributed by atoms with Gasteiger partial charge in [-0.3, -0.25) is 14.2 Å². The van der Waals surface area contributed by atoms with E-state index in [9.17, 15) is 9.59 Å². The Kier molecular flexibility index (Phi) is 5.81. The van der Waals surface area contributed by atoms with E-state index in [0.717, 1.165) is 0 Å². The molecule has 1 heterocycles. The van der Waals surface area contributed by atoms with E-state index in [0.29, 0.717) is 34.0 Å². The number of para-hydroxylation sites is 3. The summed E-state index contributed by atoms with van der Waals surface area (Å²) in [6.07, 6.45) is 0. The van der Waals surface area contributed by atoms with Gasteiger partial charge in [0, 0.05) is 6.54 Å².